The van der Waals surface area contributed by atoms with E-state index in [0.29, 0.717) is 23.0 Å². The molecule has 0 radical (unpaired) electrons. The first-order valence-electron chi connectivity index (χ1n) is 8.73. The van der Waals surface area contributed by atoms with Crippen LogP contribution >= 0.6 is 11.6 Å². The van der Waals surface area contributed by atoms with E-state index in [1.165, 1.54) is 11.3 Å². The number of piperazine rings is 1. The van der Waals surface area contributed by atoms with Gasteiger partial charge < -0.3 is 15.0 Å². The number of hydrogen-bond acceptors (Lipinski definition) is 4. The van der Waals surface area contributed by atoms with Gasteiger partial charge >= 0.3 is 0 Å². The second kappa shape index (κ2) is 8.43. The number of amides is 1. The van der Waals surface area contributed by atoms with E-state index >= 15 is 0 Å². The molecule has 0 aromatic heterocycles. The number of nitrogens with one attached hydrogen (secondary N) is 1. The van der Waals surface area contributed by atoms with Gasteiger partial charge in [0.15, 0.2) is 0 Å². The summed E-state index contributed by atoms with van der Waals surface area (Å²) in [6.45, 7) is 6.03. The molecule has 1 saturated heterocycles. The van der Waals surface area contributed by atoms with Gasteiger partial charge in [-0.1, -0.05) is 29.8 Å². The van der Waals surface area contributed by atoms with Crippen LogP contribution in [0.25, 0.3) is 0 Å². The number of methoxy groups -OCH3 is 1. The van der Waals surface area contributed by atoms with Crippen molar-refractivity contribution in [3.05, 3.63) is 53.1 Å². The number of carbonyl (C=O) groups excluding carboxylic acids is 1. The zero-order valence-corrected chi connectivity index (χ0v) is 15.9. The molecular formula is C20H24ClN3O2. The smallest absolute Gasteiger partial charge is 0.238 e. The average molecular weight is 374 g/mol. The summed E-state index contributed by atoms with van der Waals surface area (Å²) in [5, 5.41) is 3.46. The molecule has 1 heterocycles. The lowest BCUT2D eigenvalue weighted by Gasteiger charge is -2.36. The maximum Gasteiger partial charge on any atom is 0.238 e. The fraction of sp³-hybridized carbons (Fsp3) is 0.350. The van der Waals surface area contributed by atoms with Gasteiger partial charge in [-0.25, -0.2) is 0 Å². The van der Waals surface area contributed by atoms with Crippen molar-refractivity contribution in [1.29, 1.82) is 0 Å². The second-order valence-electron chi connectivity index (χ2n) is 6.44. The van der Waals surface area contributed by atoms with Crippen LogP contribution in [0.15, 0.2) is 42.5 Å². The van der Waals surface area contributed by atoms with Gasteiger partial charge in [0.25, 0.3) is 0 Å². The van der Waals surface area contributed by atoms with Crippen LogP contribution in [-0.2, 0) is 4.79 Å². The highest BCUT2D eigenvalue weighted by molar-refractivity contribution is 6.31. The number of para-hydroxylation sites is 1. The van der Waals surface area contributed by atoms with Crippen molar-refractivity contribution in [3.8, 4) is 5.75 Å². The maximum atomic E-state index is 12.4. The van der Waals surface area contributed by atoms with E-state index in [1.54, 1.807) is 25.3 Å². The standard InChI is InChI=1S/C20H24ClN3O2/c1-15-5-3-4-6-18(15)24-11-9-23(10-12-24)14-20(25)22-17-13-16(21)7-8-19(17)26-2/h3-8,13H,9-12,14H2,1-2H3,(H,22,25). The van der Waals surface area contributed by atoms with Crippen molar-refractivity contribution >= 4 is 28.9 Å². The molecule has 0 unspecified atom stereocenters. The Morgan fingerprint density at radius 3 is 2.58 bits per heavy atom. The SMILES string of the molecule is COc1ccc(Cl)cc1NC(=O)CN1CCN(c2ccccc2C)CC1. The van der Waals surface area contributed by atoms with Crippen LogP contribution in [0.2, 0.25) is 5.02 Å². The summed E-state index contributed by atoms with van der Waals surface area (Å²) in [4.78, 5) is 16.9. The van der Waals surface area contributed by atoms with Crippen molar-refractivity contribution < 1.29 is 9.53 Å². The molecule has 0 bridgehead atoms. The van der Waals surface area contributed by atoms with Crippen LogP contribution in [0.4, 0.5) is 11.4 Å². The lowest BCUT2D eigenvalue weighted by Crippen LogP contribution is -2.48. The molecule has 26 heavy (non-hydrogen) atoms. The van der Waals surface area contributed by atoms with Gasteiger partial charge in [-0.2, -0.15) is 0 Å². The van der Waals surface area contributed by atoms with Crippen LogP contribution < -0.4 is 15.0 Å². The Morgan fingerprint density at radius 2 is 1.88 bits per heavy atom. The van der Waals surface area contributed by atoms with E-state index in [1.807, 2.05) is 0 Å². The first kappa shape index (κ1) is 18.5. The van der Waals surface area contributed by atoms with Gasteiger partial charge in [0.2, 0.25) is 5.91 Å². The van der Waals surface area contributed by atoms with Gasteiger partial charge in [0, 0.05) is 36.9 Å². The highest BCUT2D eigenvalue weighted by atomic mass is 35.5. The molecular weight excluding hydrogens is 350 g/mol. The number of nitrogens with zero attached hydrogens (tertiary/aromatic N) is 2. The van der Waals surface area contributed by atoms with E-state index in [4.69, 9.17) is 16.3 Å². The molecule has 0 aliphatic carbocycles. The highest BCUT2D eigenvalue weighted by Crippen LogP contribution is 2.27. The molecule has 1 N–H and O–H groups in total. The molecule has 3 rings (SSSR count). The summed E-state index contributed by atoms with van der Waals surface area (Å²) in [6.07, 6.45) is 0. The largest absolute Gasteiger partial charge is 0.495 e. The minimum atomic E-state index is -0.0603. The molecule has 138 valence electrons. The van der Waals surface area contributed by atoms with Crippen LogP contribution in [0.1, 0.15) is 5.56 Å². The quantitative estimate of drug-likeness (QED) is 0.872. The van der Waals surface area contributed by atoms with E-state index < -0.39 is 0 Å². The molecule has 1 fully saturated rings. The topological polar surface area (TPSA) is 44.8 Å². The van der Waals surface area contributed by atoms with Gasteiger partial charge in [0.1, 0.15) is 5.75 Å². The van der Waals surface area contributed by atoms with Gasteiger partial charge in [-0.3, -0.25) is 9.69 Å². The summed E-state index contributed by atoms with van der Waals surface area (Å²) in [7, 11) is 1.57. The Labute approximate surface area is 159 Å². The Balaban J connectivity index is 1.54. The van der Waals surface area contributed by atoms with Gasteiger partial charge in [0.05, 0.1) is 19.3 Å². The zero-order chi connectivity index (χ0) is 18.5. The number of hydrogen-bond donors (Lipinski definition) is 1. The normalized spacial score (nSPS) is 15.0. The number of rotatable bonds is 5. The summed E-state index contributed by atoms with van der Waals surface area (Å²) < 4.78 is 5.27. The van der Waals surface area contributed by atoms with Crippen LogP contribution in [0, 0.1) is 6.92 Å². The monoisotopic (exact) mass is 373 g/mol. The first-order valence-corrected chi connectivity index (χ1v) is 9.11. The third kappa shape index (κ3) is 4.48. The average Bonchev–Trinajstić information content (AvgIpc) is 2.63. The van der Waals surface area contributed by atoms with Gasteiger partial charge in [-0.05, 0) is 36.8 Å². The van der Waals surface area contributed by atoms with Crippen molar-refractivity contribution in [3.63, 3.8) is 0 Å². The second-order valence-corrected chi connectivity index (χ2v) is 6.88. The molecule has 1 aliphatic heterocycles. The number of carbonyl (C=O) groups is 1. The number of ether oxygens (including phenoxy) is 1. The van der Waals surface area contributed by atoms with Crippen LogP contribution in [0.5, 0.6) is 5.75 Å². The Kier molecular flexibility index (Phi) is 6.01. The fourth-order valence-electron chi connectivity index (χ4n) is 3.24. The molecule has 5 nitrogen and oxygen atoms in total. The van der Waals surface area contributed by atoms with Crippen LogP contribution in [-0.4, -0.2) is 50.6 Å². The molecule has 1 amide bonds. The minimum Gasteiger partial charge on any atom is -0.495 e. The fourth-order valence-corrected chi connectivity index (χ4v) is 3.41. The van der Waals surface area contributed by atoms with E-state index in [9.17, 15) is 4.79 Å². The molecule has 0 saturated carbocycles. The van der Waals surface area contributed by atoms with Crippen molar-refractivity contribution in [1.82, 2.24) is 4.90 Å². The Morgan fingerprint density at radius 1 is 1.15 bits per heavy atom. The summed E-state index contributed by atoms with van der Waals surface area (Å²) in [5.74, 6) is 0.544. The lowest BCUT2D eigenvalue weighted by molar-refractivity contribution is -0.117. The predicted octanol–water partition coefficient (Wildman–Crippen LogP) is 3.42. The molecule has 2 aromatic carbocycles. The van der Waals surface area contributed by atoms with Crippen molar-refractivity contribution in [2.45, 2.75) is 6.92 Å². The van der Waals surface area contributed by atoms with Crippen LogP contribution in [0.3, 0.4) is 0 Å². The highest BCUT2D eigenvalue weighted by Gasteiger charge is 2.20. The van der Waals surface area contributed by atoms with E-state index in [2.05, 4.69) is 46.3 Å². The number of anilines is 2. The Hall–Kier alpha value is -2.24. The summed E-state index contributed by atoms with van der Waals surface area (Å²) in [5.41, 5.74) is 3.16. The summed E-state index contributed by atoms with van der Waals surface area (Å²) in [6, 6.07) is 13.6. The van der Waals surface area contributed by atoms with Gasteiger partial charge in [-0.15, -0.1) is 0 Å². The first-order chi connectivity index (χ1) is 12.6. The molecule has 0 atom stereocenters. The van der Waals surface area contributed by atoms with E-state index in [-0.39, 0.29) is 5.91 Å². The molecule has 2 aromatic rings. The van der Waals surface area contributed by atoms with Crippen molar-refractivity contribution in [2.24, 2.45) is 0 Å². The van der Waals surface area contributed by atoms with Crippen molar-refractivity contribution in [2.75, 3.05) is 50.1 Å². The number of benzene rings is 2. The zero-order valence-electron chi connectivity index (χ0n) is 15.2. The molecule has 1 aliphatic rings. The lowest BCUT2D eigenvalue weighted by atomic mass is 10.1. The minimum absolute atomic E-state index is 0.0603. The molecule has 0 spiro atoms. The predicted molar refractivity (Wildman–Crippen MR) is 106 cm³/mol. The number of aryl methyl sites for hydroxylation is 1. The molecule has 6 heteroatoms. The maximum absolute atomic E-state index is 12.4. The number of halogens is 1. The Bertz CT molecular complexity index is 773. The third-order valence-corrected chi connectivity index (χ3v) is 4.87. The van der Waals surface area contributed by atoms with E-state index in [0.717, 1.165) is 26.2 Å². The third-order valence-electron chi connectivity index (χ3n) is 4.63. The summed E-state index contributed by atoms with van der Waals surface area (Å²) >= 11 is 6.01.